The second-order valence-electron chi connectivity index (χ2n) is 8.44. The van der Waals surface area contributed by atoms with Gasteiger partial charge in [0.15, 0.2) is 0 Å². The molecule has 1 saturated heterocycles. The van der Waals surface area contributed by atoms with Crippen LogP contribution in [0, 0.1) is 0 Å². The number of carbonyl (C=O) groups is 2. The van der Waals surface area contributed by atoms with Gasteiger partial charge in [0.1, 0.15) is 0 Å². The molecular weight excluding hydrogens is 478 g/mol. The Labute approximate surface area is 211 Å². The summed E-state index contributed by atoms with van der Waals surface area (Å²) in [6.07, 6.45) is 0. The highest BCUT2D eigenvalue weighted by Crippen LogP contribution is 2.19. The second kappa shape index (κ2) is 11.5. The molecule has 36 heavy (non-hydrogen) atoms. The maximum absolute atomic E-state index is 12.8. The molecule has 8 nitrogen and oxygen atoms in total. The van der Waals surface area contributed by atoms with Crippen molar-refractivity contribution in [1.82, 2.24) is 9.21 Å². The normalized spacial score (nSPS) is 14.8. The largest absolute Gasteiger partial charge is 0.462 e. The maximum atomic E-state index is 12.8. The van der Waals surface area contributed by atoms with Crippen LogP contribution in [0.1, 0.15) is 33.2 Å². The van der Waals surface area contributed by atoms with E-state index >= 15 is 0 Å². The summed E-state index contributed by atoms with van der Waals surface area (Å²) in [4.78, 5) is 26.9. The highest BCUT2D eigenvalue weighted by atomic mass is 32.2. The number of nitrogens with zero attached hydrogens (tertiary/aromatic N) is 2. The number of benzene rings is 3. The van der Waals surface area contributed by atoms with E-state index in [4.69, 9.17) is 4.74 Å². The molecule has 3 aromatic carbocycles. The molecule has 188 valence electrons. The fourth-order valence-electron chi connectivity index (χ4n) is 4.00. The summed E-state index contributed by atoms with van der Waals surface area (Å²) in [5.41, 5.74) is 2.58. The second-order valence-corrected chi connectivity index (χ2v) is 10.4. The van der Waals surface area contributed by atoms with Crippen molar-refractivity contribution in [3.63, 3.8) is 0 Å². The zero-order valence-electron chi connectivity index (χ0n) is 20.1. The van der Waals surface area contributed by atoms with E-state index in [0.29, 0.717) is 61.0 Å². The van der Waals surface area contributed by atoms with Crippen LogP contribution in [0.5, 0.6) is 0 Å². The first-order chi connectivity index (χ1) is 17.4. The number of amides is 1. The molecule has 3 aromatic rings. The summed E-state index contributed by atoms with van der Waals surface area (Å²) in [6, 6.07) is 22.4. The zero-order chi connectivity index (χ0) is 25.5. The van der Waals surface area contributed by atoms with Gasteiger partial charge in [-0.1, -0.05) is 30.3 Å². The van der Waals surface area contributed by atoms with Crippen LogP contribution in [0.3, 0.4) is 0 Å². The van der Waals surface area contributed by atoms with Gasteiger partial charge >= 0.3 is 5.97 Å². The summed E-state index contributed by atoms with van der Waals surface area (Å²) in [6.45, 7) is 4.87. The van der Waals surface area contributed by atoms with Crippen molar-refractivity contribution in [2.75, 3.05) is 38.1 Å². The number of ether oxygens (including phenoxy) is 1. The minimum Gasteiger partial charge on any atom is -0.462 e. The lowest BCUT2D eigenvalue weighted by Gasteiger charge is -2.34. The van der Waals surface area contributed by atoms with Crippen LogP contribution in [0.15, 0.2) is 83.8 Å². The van der Waals surface area contributed by atoms with E-state index in [1.165, 1.54) is 4.31 Å². The predicted molar refractivity (Wildman–Crippen MR) is 137 cm³/mol. The molecule has 1 aliphatic heterocycles. The number of anilines is 1. The van der Waals surface area contributed by atoms with Crippen molar-refractivity contribution in [2.24, 2.45) is 0 Å². The van der Waals surface area contributed by atoms with Gasteiger partial charge in [0.2, 0.25) is 10.0 Å². The van der Waals surface area contributed by atoms with Crippen LogP contribution in [0.4, 0.5) is 5.69 Å². The minimum absolute atomic E-state index is 0.245. The highest BCUT2D eigenvalue weighted by molar-refractivity contribution is 7.89. The molecule has 1 N–H and O–H groups in total. The quantitative estimate of drug-likeness (QED) is 0.468. The lowest BCUT2D eigenvalue weighted by Crippen LogP contribution is -2.48. The molecule has 1 heterocycles. The van der Waals surface area contributed by atoms with Crippen molar-refractivity contribution < 1.29 is 22.7 Å². The molecule has 1 fully saturated rings. The van der Waals surface area contributed by atoms with Gasteiger partial charge in [-0.15, -0.1) is 0 Å². The van der Waals surface area contributed by atoms with Crippen LogP contribution in [0.25, 0.3) is 0 Å². The highest BCUT2D eigenvalue weighted by Gasteiger charge is 2.28. The summed E-state index contributed by atoms with van der Waals surface area (Å²) in [5, 5.41) is 2.83. The first-order valence-electron chi connectivity index (χ1n) is 11.8. The number of rotatable bonds is 8. The first-order valence-corrected chi connectivity index (χ1v) is 13.3. The molecule has 0 spiro atoms. The summed E-state index contributed by atoms with van der Waals surface area (Å²) in [5.74, 6) is -0.643. The van der Waals surface area contributed by atoms with Crippen LogP contribution >= 0.6 is 0 Å². The lowest BCUT2D eigenvalue weighted by atomic mass is 10.1. The molecule has 0 atom stereocenters. The molecule has 4 rings (SSSR count). The molecule has 9 heteroatoms. The fourth-order valence-corrected chi connectivity index (χ4v) is 5.44. The van der Waals surface area contributed by atoms with Gasteiger partial charge in [0.25, 0.3) is 5.91 Å². The number of piperazine rings is 1. The average molecular weight is 508 g/mol. The third-order valence-corrected chi connectivity index (χ3v) is 7.90. The molecule has 1 aliphatic rings. The summed E-state index contributed by atoms with van der Waals surface area (Å²) >= 11 is 0. The molecular formula is C27H29N3O5S. The fraction of sp³-hybridized carbons (Fsp3) is 0.259. The zero-order valence-corrected chi connectivity index (χ0v) is 20.9. The van der Waals surface area contributed by atoms with Crippen molar-refractivity contribution in [2.45, 2.75) is 18.4 Å². The van der Waals surface area contributed by atoms with Gasteiger partial charge in [0, 0.05) is 44.0 Å². The van der Waals surface area contributed by atoms with Crippen molar-refractivity contribution in [3.8, 4) is 0 Å². The van der Waals surface area contributed by atoms with Crippen LogP contribution in [-0.4, -0.2) is 62.3 Å². The predicted octanol–water partition coefficient (Wildman–Crippen LogP) is 3.62. The number of esters is 1. The van der Waals surface area contributed by atoms with Gasteiger partial charge in [-0.25, -0.2) is 13.2 Å². The summed E-state index contributed by atoms with van der Waals surface area (Å²) in [7, 11) is -3.47. The molecule has 0 radical (unpaired) electrons. The smallest absolute Gasteiger partial charge is 0.338 e. The maximum Gasteiger partial charge on any atom is 0.338 e. The van der Waals surface area contributed by atoms with Crippen molar-refractivity contribution in [3.05, 3.63) is 95.6 Å². The van der Waals surface area contributed by atoms with Gasteiger partial charge in [0.05, 0.1) is 17.1 Å². The molecule has 0 aliphatic carbocycles. The Morgan fingerprint density at radius 3 is 2.06 bits per heavy atom. The van der Waals surface area contributed by atoms with E-state index in [0.717, 1.165) is 5.56 Å². The van der Waals surface area contributed by atoms with Gasteiger partial charge in [-0.2, -0.15) is 4.31 Å². The monoisotopic (exact) mass is 507 g/mol. The van der Waals surface area contributed by atoms with Crippen LogP contribution < -0.4 is 5.32 Å². The van der Waals surface area contributed by atoms with Crippen molar-refractivity contribution >= 4 is 27.6 Å². The number of hydrogen-bond donors (Lipinski definition) is 1. The molecule has 0 unspecified atom stereocenters. The first kappa shape index (κ1) is 25.6. The van der Waals surface area contributed by atoms with Crippen LogP contribution in [-0.2, 0) is 21.3 Å². The molecule has 1 amide bonds. The Hall–Kier alpha value is -3.53. The van der Waals surface area contributed by atoms with Gasteiger partial charge in [-0.3, -0.25) is 9.69 Å². The third-order valence-electron chi connectivity index (χ3n) is 5.99. The Morgan fingerprint density at radius 2 is 1.44 bits per heavy atom. The van der Waals surface area contributed by atoms with E-state index in [2.05, 4.69) is 10.2 Å². The molecule has 0 aromatic heterocycles. The molecule has 0 bridgehead atoms. The number of hydrogen-bond acceptors (Lipinski definition) is 6. The van der Waals surface area contributed by atoms with E-state index in [-0.39, 0.29) is 5.91 Å². The van der Waals surface area contributed by atoms with Gasteiger partial charge in [-0.05, 0) is 61.0 Å². The number of nitrogens with one attached hydrogen (secondary N) is 1. The molecule has 0 saturated carbocycles. The Kier molecular flexibility index (Phi) is 8.14. The standard InChI is InChI=1S/C27H29N3O5S/c1-2-35-27(32)23-12-14-24(15-13-23)28-26(31)22-10-8-21(9-11-22)20-29-16-18-30(19-17-29)36(33,34)25-6-4-3-5-7-25/h3-15H,2,16-20H2,1H3,(H,28,31). The third kappa shape index (κ3) is 6.17. The number of sulfonamides is 1. The lowest BCUT2D eigenvalue weighted by molar-refractivity contribution is 0.0526. The Morgan fingerprint density at radius 1 is 0.833 bits per heavy atom. The van der Waals surface area contributed by atoms with E-state index < -0.39 is 16.0 Å². The Balaban J connectivity index is 1.28. The summed E-state index contributed by atoms with van der Waals surface area (Å²) < 4.78 is 32.1. The minimum atomic E-state index is -3.47. The van der Waals surface area contributed by atoms with E-state index in [9.17, 15) is 18.0 Å². The van der Waals surface area contributed by atoms with Gasteiger partial charge < -0.3 is 10.1 Å². The SMILES string of the molecule is CCOC(=O)c1ccc(NC(=O)c2ccc(CN3CCN(S(=O)(=O)c4ccccc4)CC3)cc2)cc1. The van der Waals surface area contributed by atoms with E-state index in [1.54, 1.807) is 73.7 Å². The average Bonchev–Trinajstić information content (AvgIpc) is 2.90. The Bertz CT molecular complexity index is 1290. The van der Waals surface area contributed by atoms with Crippen LogP contribution in [0.2, 0.25) is 0 Å². The van der Waals surface area contributed by atoms with Crippen molar-refractivity contribution in [1.29, 1.82) is 0 Å². The van der Waals surface area contributed by atoms with E-state index in [1.807, 2.05) is 12.1 Å². The topological polar surface area (TPSA) is 96.0 Å². The number of carbonyl (C=O) groups excluding carboxylic acids is 2.